The number of fused-ring (bicyclic) bond motifs is 1. The summed E-state index contributed by atoms with van der Waals surface area (Å²) in [5, 5.41) is 0. The number of pyridine rings is 1. The molecule has 5 heterocycles. The highest BCUT2D eigenvalue weighted by molar-refractivity contribution is 5.54. The van der Waals surface area contributed by atoms with Crippen LogP contribution in [-0.2, 0) is 13.2 Å². The van der Waals surface area contributed by atoms with E-state index in [0.29, 0.717) is 17.9 Å². The van der Waals surface area contributed by atoms with Crippen molar-refractivity contribution in [3.05, 3.63) is 70.2 Å². The topological polar surface area (TPSA) is 69.5 Å². The van der Waals surface area contributed by atoms with Gasteiger partial charge in [0.1, 0.15) is 18.2 Å². The maximum Gasteiger partial charge on any atom is 0.352 e. The first-order chi connectivity index (χ1) is 15.0. The lowest BCUT2D eigenvalue weighted by atomic mass is 9.74. The average Bonchev–Trinajstić information content (AvgIpc) is 3.34. The summed E-state index contributed by atoms with van der Waals surface area (Å²) in [5.74, 6) is 2.05. The van der Waals surface area contributed by atoms with E-state index in [-0.39, 0.29) is 29.5 Å². The van der Waals surface area contributed by atoms with Crippen LogP contribution in [0.1, 0.15) is 24.1 Å². The van der Waals surface area contributed by atoms with Crippen LogP contribution in [0.25, 0.3) is 0 Å². The van der Waals surface area contributed by atoms with E-state index in [9.17, 15) is 9.18 Å². The molecule has 1 spiro atoms. The number of ether oxygens (including phenoxy) is 2. The maximum absolute atomic E-state index is 14.5. The van der Waals surface area contributed by atoms with Gasteiger partial charge in [0.25, 0.3) is 0 Å². The monoisotopic (exact) mass is 420 g/mol. The van der Waals surface area contributed by atoms with Gasteiger partial charge in [0.15, 0.2) is 11.6 Å². The normalized spacial score (nSPS) is 22.6. The molecule has 0 radical (unpaired) electrons. The Labute approximate surface area is 178 Å². The lowest BCUT2D eigenvalue weighted by Gasteiger charge is -2.37. The Morgan fingerprint density at radius 1 is 1.23 bits per heavy atom. The molecule has 3 fully saturated rings. The standard InChI is InChI=1S/C23H21FN4O3/c1-14-6-17(4-5-25-14)31-19-3-2-15(7-18(19)24)12-30-20-8-21-27(22(29)26-20)13-23-9-16(10-23)11-28(21)23/h2-8,16H,9-13H2,1H3. The first-order valence-electron chi connectivity index (χ1n) is 10.4. The zero-order valence-corrected chi connectivity index (χ0v) is 17.0. The SMILES string of the molecule is Cc1cc(Oc2ccc(COc3cc4n(c(=O)n3)CC35CC(CN43)C5)cc2F)ccn1. The van der Waals surface area contributed by atoms with Crippen LogP contribution in [0.2, 0.25) is 0 Å². The molecule has 8 heteroatoms. The summed E-state index contributed by atoms with van der Waals surface area (Å²) in [6.07, 6.45) is 3.92. The van der Waals surface area contributed by atoms with Gasteiger partial charge in [-0.05, 0) is 49.4 Å². The molecule has 2 bridgehead atoms. The molecule has 158 valence electrons. The van der Waals surface area contributed by atoms with Gasteiger partial charge in [0.2, 0.25) is 5.88 Å². The quantitative estimate of drug-likeness (QED) is 0.630. The minimum absolute atomic E-state index is 0.106. The summed E-state index contributed by atoms with van der Waals surface area (Å²) >= 11 is 0. The molecule has 3 aromatic rings. The Hall–Kier alpha value is -3.42. The summed E-state index contributed by atoms with van der Waals surface area (Å²) < 4.78 is 27.6. The summed E-state index contributed by atoms with van der Waals surface area (Å²) in [5.41, 5.74) is 1.24. The zero-order chi connectivity index (χ0) is 21.2. The average molecular weight is 420 g/mol. The van der Waals surface area contributed by atoms with E-state index < -0.39 is 5.82 Å². The minimum Gasteiger partial charge on any atom is -0.473 e. The lowest BCUT2D eigenvalue weighted by molar-refractivity contribution is 0.229. The molecule has 0 unspecified atom stereocenters. The molecule has 0 N–H and O–H groups in total. The number of benzene rings is 1. The molecule has 31 heavy (non-hydrogen) atoms. The van der Waals surface area contributed by atoms with Crippen molar-refractivity contribution in [1.29, 1.82) is 0 Å². The predicted octanol–water partition coefficient (Wildman–Crippen LogP) is 3.44. The van der Waals surface area contributed by atoms with Crippen LogP contribution in [0, 0.1) is 18.7 Å². The summed E-state index contributed by atoms with van der Waals surface area (Å²) in [6.45, 7) is 3.66. The third-order valence-electron chi connectivity index (χ3n) is 6.52. The summed E-state index contributed by atoms with van der Waals surface area (Å²) in [7, 11) is 0. The molecule has 1 saturated carbocycles. The van der Waals surface area contributed by atoms with Gasteiger partial charge in [-0.15, -0.1) is 0 Å². The van der Waals surface area contributed by atoms with E-state index in [2.05, 4.69) is 14.9 Å². The van der Waals surface area contributed by atoms with Crippen LogP contribution >= 0.6 is 0 Å². The molecule has 0 atom stereocenters. The highest BCUT2D eigenvalue weighted by Crippen LogP contribution is 2.56. The van der Waals surface area contributed by atoms with Crippen LogP contribution in [0.3, 0.4) is 0 Å². The van der Waals surface area contributed by atoms with Crippen LogP contribution in [0.4, 0.5) is 10.2 Å². The van der Waals surface area contributed by atoms with Gasteiger partial charge in [-0.2, -0.15) is 4.98 Å². The Bertz CT molecular complexity index is 1250. The Balaban J connectivity index is 1.17. The molecule has 3 aliphatic heterocycles. The first-order valence-corrected chi connectivity index (χ1v) is 10.4. The van der Waals surface area contributed by atoms with E-state index in [1.54, 1.807) is 35.0 Å². The predicted molar refractivity (Wildman–Crippen MR) is 111 cm³/mol. The van der Waals surface area contributed by atoms with Gasteiger partial charge in [-0.25, -0.2) is 9.18 Å². The van der Waals surface area contributed by atoms with Crippen molar-refractivity contribution in [2.75, 3.05) is 11.4 Å². The molecule has 7 nitrogen and oxygen atoms in total. The van der Waals surface area contributed by atoms with E-state index in [1.807, 2.05) is 13.0 Å². The number of aromatic nitrogens is 3. The van der Waals surface area contributed by atoms with Crippen molar-refractivity contribution in [2.45, 2.75) is 38.5 Å². The van der Waals surface area contributed by atoms with Crippen LogP contribution in [0.15, 0.2) is 47.4 Å². The third-order valence-corrected chi connectivity index (χ3v) is 6.52. The van der Waals surface area contributed by atoms with Crippen molar-refractivity contribution < 1.29 is 13.9 Å². The number of anilines is 1. The van der Waals surface area contributed by atoms with Gasteiger partial charge in [-0.3, -0.25) is 9.55 Å². The van der Waals surface area contributed by atoms with Crippen LogP contribution < -0.4 is 20.1 Å². The fraction of sp³-hybridized carbons (Fsp3) is 0.348. The molecule has 1 aliphatic carbocycles. The Morgan fingerprint density at radius 2 is 2.10 bits per heavy atom. The Morgan fingerprint density at radius 3 is 2.90 bits per heavy atom. The van der Waals surface area contributed by atoms with Crippen LogP contribution in [-0.4, -0.2) is 26.6 Å². The van der Waals surface area contributed by atoms with E-state index in [0.717, 1.165) is 36.8 Å². The lowest BCUT2D eigenvalue weighted by Crippen LogP contribution is -2.44. The Kier molecular flexibility index (Phi) is 3.87. The second kappa shape index (κ2) is 6.54. The molecule has 1 aromatic carbocycles. The van der Waals surface area contributed by atoms with Crippen molar-refractivity contribution in [2.24, 2.45) is 5.92 Å². The third kappa shape index (κ3) is 2.97. The van der Waals surface area contributed by atoms with Crippen molar-refractivity contribution >= 4 is 5.82 Å². The van der Waals surface area contributed by atoms with Gasteiger partial charge < -0.3 is 14.4 Å². The molecular formula is C23H21FN4O3. The van der Waals surface area contributed by atoms with Gasteiger partial charge in [0.05, 0.1) is 12.1 Å². The van der Waals surface area contributed by atoms with Crippen LogP contribution in [0.5, 0.6) is 17.4 Å². The summed E-state index contributed by atoms with van der Waals surface area (Å²) in [4.78, 5) is 23.0. The number of nitrogens with zero attached hydrogens (tertiary/aromatic N) is 4. The summed E-state index contributed by atoms with van der Waals surface area (Å²) in [6, 6.07) is 9.91. The molecule has 2 aromatic heterocycles. The van der Waals surface area contributed by atoms with E-state index in [4.69, 9.17) is 9.47 Å². The molecule has 4 aliphatic rings. The number of aryl methyl sites for hydroxylation is 1. The number of halogens is 1. The molecule has 0 amide bonds. The minimum atomic E-state index is -0.490. The van der Waals surface area contributed by atoms with Gasteiger partial charge >= 0.3 is 5.69 Å². The number of hydrogen-bond acceptors (Lipinski definition) is 6. The second-order valence-corrected chi connectivity index (χ2v) is 8.72. The molecular weight excluding hydrogens is 399 g/mol. The van der Waals surface area contributed by atoms with Crippen molar-refractivity contribution in [3.63, 3.8) is 0 Å². The maximum atomic E-state index is 14.5. The van der Waals surface area contributed by atoms with Crippen molar-refractivity contribution in [3.8, 4) is 17.4 Å². The first kappa shape index (κ1) is 18.4. The highest BCUT2D eigenvalue weighted by Gasteiger charge is 2.60. The van der Waals surface area contributed by atoms with E-state index >= 15 is 0 Å². The second-order valence-electron chi connectivity index (χ2n) is 8.72. The number of rotatable bonds is 5. The largest absolute Gasteiger partial charge is 0.473 e. The van der Waals surface area contributed by atoms with Gasteiger partial charge in [0, 0.05) is 30.6 Å². The smallest absolute Gasteiger partial charge is 0.352 e. The molecule has 2 saturated heterocycles. The highest BCUT2D eigenvalue weighted by atomic mass is 19.1. The van der Waals surface area contributed by atoms with Crippen molar-refractivity contribution in [1.82, 2.24) is 14.5 Å². The fourth-order valence-corrected chi connectivity index (χ4v) is 5.17. The molecule has 7 rings (SSSR count). The number of hydrogen-bond donors (Lipinski definition) is 0. The van der Waals surface area contributed by atoms with E-state index in [1.165, 1.54) is 6.07 Å². The fourth-order valence-electron chi connectivity index (χ4n) is 5.17. The zero-order valence-electron chi connectivity index (χ0n) is 17.0. The van der Waals surface area contributed by atoms with Gasteiger partial charge in [-0.1, -0.05) is 6.07 Å².